The van der Waals surface area contributed by atoms with E-state index in [4.69, 9.17) is 10.3 Å². The maximum absolute atomic E-state index is 11.9. The molecule has 22 heavy (non-hydrogen) atoms. The van der Waals surface area contributed by atoms with Crippen LogP contribution in [0.2, 0.25) is 0 Å². The van der Waals surface area contributed by atoms with Gasteiger partial charge in [-0.3, -0.25) is 14.6 Å². The molecule has 0 unspecified atom stereocenters. The Hall–Kier alpha value is -1.88. The minimum Gasteiger partial charge on any atom is -0.374 e. The maximum atomic E-state index is 11.9. The van der Waals surface area contributed by atoms with Crippen LogP contribution in [0.5, 0.6) is 0 Å². The second-order valence-corrected chi connectivity index (χ2v) is 6.98. The van der Waals surface area contributed by atoms with Crippen molar-refractivity contribution in [3.63, 3.8) is 0 Å². The highest BCUT2D eigenvalue weighted by molar-refractivity contribution is 8.01. The van der Waals surface area contributed by atoms with E-state index in [1.54, 1.807) is 11.0 Å². The number of hydrogen-bond acceptors (Lipinski definition) is 9. The van der Waals surface area contributed by atoms with Crippen molar-refractivity contribution in [2.45, 2.75) is 23.6 Å². The molecule has 3 heterocycles. The van der Waals surface area contributed by atoms with Crippen LogP contribution < -0.4 is 20.9 Å². The molecule has 0 aromatic carbocycles. The Balaban J connectivity index is 1.50. The average molecular weight is 342 g/mol. The summed E-state index contributed by atoms with van der Waals surface area (Å²) in [6, 6.07) is 0. The first kappa shape index (κ1) is 15.0. The van der Waals surface area contributed by atoms with Crippen LogP contribution in [0.15, 0.2) is 15.1 Å². The molecule has 1 fully saturated rings. The van der Waals surface area contributed by atoms with E-state index in [2.05, 4.69) is 25.8 Å². The topological polar surface area (TPSA) is 114 Å². The lowest BCUT2D eigenvalue weighted by Gasteiger charge is -2.17. The van der Waals surface area contributed by atoms with E-state index >= 15 is 0 Å². The molecule has 1 saturated heterocycles. The first-order valence-corrected chi connectivity index (χ1v) is 8.66. The summed E-state index contributed by atoms with van der Waals surface area (Å²) in [5, 5.41) is 16.6. The standard InChI is InChI=1S/C11H15N7O2S2/c12-10-14-15-11(22-10)21-7-8(19)13-9-6-18(16-20-9)17-4-2-1-3-5-17/h6H,1-5,7H2,(H2-,12,13,14,16,19)/p+1. The fraction of sp³-hybridized carbons (Fsp3) is 0.545. The number of anilines is 2. The van der Waals surface area contributed by atoms with E-state index in [9.17, 15) is 4.79 Å². The molecule has 0 saturated carbocycles. The Kier molecular flexibility index (Phi) is 4.73. The molecule has 1 aliphatic rings. The van der Waals surface area contributed by atoms with Gasteiger partial charge < -0.3 is 5.73 Å². The van der Waals surface area contributed by atoms with E-state index in [0.29, 0.717) is 15.4 Å². The average Bonchev–Trinajstić information content (AvgIpc) is 3.15. The van der Waals surface area contributed by atoms with Crippen molar-refractivity contribution in [3.05, 3.63) is 6.20 Å². The van der Waals surface area contributed by atoms with Crippen LogP contribution in [0, 0.1) is 0 Å². The second kappa shape index (κ2) is 6.92. The molecule has 0 bridgehead atoms. The quantitative estimate of drug-likeness (QED) is 0.587. The zero-order valence-corrected chi connectivity index (χ0v) is 13.4. The molecule has 9 nitrogen and oxygen atoms in total. The molecule has 0 spiro atoms. The van der Waals surface area contributed by atoms with E-state index in [1.165, 1.54) is 29.5 Å². The Bertz CT molecular complexity index is 638. The van der Waals surface area contributed by atoms with Gasteiger partial charge in [0.2, 0.25) is 16.3 Å². The molecule has 1 amide bonds. The van der Waals surface area contributed by atoms with Gasteiger partial charge in [0.1, 0.15) is 0 Å². The van der Waals surface area contributed by atoms with Gasteiger partial charge in [-0.05, 0) is 19.3 Å². The van der Waals surface area contributed by atoms with Crippen molar-refractivity contribution in [1.82, 2.24) is 15.5 Å². The highest BCUT2D eigenvalue weighted by Gasteiger charge is 2.23. The summed E-state index contributed by atoms with van der Waals surface area (Å²) in [7, 11) is 0. The largest absolute Gasteiger partial charge is 0.374 e. The van der Waals surface area contributed by atoms with Gasteiger partial charge in [-0.1, -0.05) is 23.1 Å². The number of nitrogens with one attached hydrogen (secondary N) is 1. The number of thioether (sulfide) groups is 1. The molecular formula is C11H16N7O2S2+. The third kappa shape index (κ3) is 3.85. The predicted molar refractivity (Wildman–Crippen MR) is 82.2 cm³/mol. The Morgan fingerprint density at radius 3 is 3.00 bits per heavy atom. The smallest absolute Gasteiger partial charge is 0.305 e. The monoisotopic (exact) mass is 342 g/mol. The molecule has 118 valence electrons. The van der Waals surface area contributed by atoms with E-state index < -0.39 is 0 Å². The van der Waals surface area contributed by atoms with E-state index in [-0.39, 0.29) is 11.7 Å². The fourth-order valence-electron chi connectivity index (χ4n) is 2.09. The van der Waals surface area contributed by atoms with Gasteiger partial charge in [-0.15, -0.1) is 10.2 Å². The van der Waals surface area contributed by atoms with E-state index in [1.807, 2.05) is 0 Å². The molecular weight excluding hydrogens is 326 g/mol. The summed E-state index contributed by atoms with van der Waals surface area (Å²) in [6.45, 7) is 1.89. The summed E-state index contributed by atoms with van der Waals surface area (Å²) in [5.74, 6) is 0.340. The number of aromatic nitrogens is 4. The van der Waals surface area contributed by atoms with Crippen molar-refractivity contribution in [3.8, 4) is 0 Å². The third-order valence-electron chi connectivity index (χ3n) is 3.09. The summed E-state index contributed by atoms with van der Waals surface area (Å²) >= 11 is 2.53. The Labute approximate surface area is 134 Å². The number of hydrogen-bond donors (Lipinski definition) is 2. The minimum atomic E-state index is -0.194. The minimum absolute atomic E-state index is 0.194. The normalized spacial score (nSPS) is 15.0. The lowest BCUT2D eigenvalue weighted by atomic mass is 10.2. The Morgan fingerprint density at radius 2 is 2.27 bits per heavy atom. The van der Waals surface area contributed by atoms with E-state index in [0.717, 1.165) is 25.9 Å². The number of piperidine rings is 1. The number of nitrogen functional groups attached to an aromatic ring is 1. The lowest BCUT2D eigenvalue weighted by Crippen LogP contribution is -2.60. The van der Waals surface area contributed by atoms with Crippen LogP contribution in [0.1, 0.15) is 19.3 Å². The van der Waals surface area contributed by atoms with Crippen molar-refractivity contribution in [2.24, 2.45) is 0 Å². The molecule has 3 N–H and O–H groups in total. The fourth-order valence-corrected chi connectivity index (χ4v) is 3.52. The lowest BCUT2D eigenvalue weighted by molar-refractivity contribution is -0.759. The van der Waals surface area contributed by atoms with Gasteiger partial charge in [0.25, 0.3) is 6.20 Å². The summed E-state index contributed by atoms with van der Waals surface area (Å²) < 4.78 is 5.79. The number of carbonyl (C=O) groups excluding carboxylic acids is 1. The van der Waals surface area contributed by atoms with Crippen LogP contribution in [0.4, 0.5) is 11.0 Å². The van der Waals surface area contributed by atoms with Crippen molar-refractivity contribution >= 4 is 40.0 Å². The van der Waals surface area contributed by atoms with Gasteiger partial charge in [0, 0.05) is 0 Å². The highest BCUT2D eigenvalue weighted by Crippen LogP contribution is 2.23. The van der Waals surface area contributed by atoms with Gasteiger partial charge in [0.05, 0.1) is 23.6 Å². The molecule has 2 aromatic rings. The molecule has 2 aromatic heterocycles. The molecule has 0 aliphatic carbocycles. The third-order valence-corrected chi connectivity index (χ3v) is 4.97. The zero-order valence-electron chi connectivity index (χ0n) is 11.8. The summed E-state index contributed by atoms with van der Waals surface area (Å²) in [6.07, 6.45) is 5.20. The summed E-state index contributed by atoms with van der Waals surface area (Å²) in [5.41, 5.74) is 5.48. The number of nitrogens with zero attached hydrogens (tertiary/aromatic N) is 5. The predicted octanol–water partition coefficient (Wildman–Crippen LogP) is 0.248. The van der Waals surface area contributed by atoms with Gasteiger partial charge in [-0.25, -0.2) is 0 Å². The molecule has 0 atom stereocenters. The first-order chi connectivity index (χ1) is 10.7. The van der Waals surface area contributed by atoms with Crippen LogP contribution in [-0.4, -0.2) is 40.2 Å². The van der Waals surface area contributed by atoms with Gasteiger partial charge in [-0.2, -0.15) is 5.01 Å². The highest BCUT2D eigenvalue weighted by atomic mass is 32.2. The maximum Gasteiger partial charge on any atom is 0.305 e. The second-order valence-electron chi connectivity index (χ2n) is 4.74. The molecule has 11 heteroatoms. The molecule has 0 radical (unpaired) electrons. The van der Waals surface area contributed by atoms with Crippen LogP contribution in [0.3, 0.4) is 0 Å². The summed E-state index contributed by atoms with van der Waals surface area (Å²) in [4.78, 5) is 13.5. The van der Waals surface area contributed by atoms with Crippen molar-refractivity contribution in [2.75, 3.05) is 34.9 Å². The van der Waals surface area contributed by atoms with Gasteiger partial charge in [0.15, 0.2) is 4.34 Å². The Morgan fingerprint density at radius 1 is 1.45 bits per heavy atom. The van der Waals surface area contributed by atoms with Crippen molar-refractivity contribution < 1.29 is 14.1 Å². The SMILES string of the molecule is Nc1nnc(SCC(=O)Nc2c[n+](N3CCCCC3)no2)s1. The van der Waals surface area contributed by atoms with Crippen molar-refractivity contribution in [1.29, 1.82) is 0 Å². The van der Waals surface area contributed by atoms with Crippen LogP contribution >= 0.6 is 23.1 Å². The zero-order chi connectivity index (χ0) is 15.4. The number of carbonyl (C=O) groups is 1. The first-order valence-electron chi connectivity index (χ1n) is 6.86. The molecule has 1 aliphatic heterocycles. The van der Waals surface area contributed by atoms with Crippen LogP contribution in [-0.2, 0) is 4.79 Å². The van der Waals surface area contributed by atoms with Crippen LogP contribution in [0.25, 0.3) is 0 Å². The number of amides is 1. The number of nitrogens with two attached hydrogens (primary N) is 1. The van der Waals surface area contributed by atoms with Gasteiger partial charge >= 0.3 is 5.88 Å². The molecule has 3 rings (SSSR count). The number of rotatable bonds is 5.